The predicted molar refractivity (Wildman–Crippen MR) is 64.1 cm³/mol. The molecule has 1 saturated carbocycles. The van der Waals surface area contributed by atoms with Gasteiger partial charge in [0.25, 0.3) is 0 Å². The monoisotopic (exact) mass is 227 g/mol. The molecule has 2 fully saturated rings. The lowest BCUT2D eigenvalue weighted by Crippen LogP contribution is -2.45. The molecule has 3 N–H and O–H groups in total. The van der Waals surface area contributed by atoms with Gasteiger partial charge in [0.15, 0.2) is 0 Å². The summed E-state index contributed by atoms with van der Waals surface area (Å²) in [5.74, 6) is 1.13. The van der Waals surface area contributed by atoms with Crippen LogP contribution in [0.3, 0.4) is 0 Å². The smallest absolute Gasteiger partial charge is 0.0638 e. The minimum atomic E-state index is -0.216. The quantitative estimate of drug-likeness (QED) is 0.769. The summed E-state index contributed by atoms with van der Waals surface area (Å²) in [7, 11) is 0. The Kier molecular flexibility index (Phi) is 3.88. The first kappa shape index (κ1) is 12.3. The maximum absolute atomic E-state index is 10.6. The fourth-order valence-electron chi connectivity index (χ4n) is 3.54. The van der Waals surface area contributed by atoms with Crippen molar-refractivity contribution in [3.05, 3.63) is 0 Å². The molecule has 3 atom stereocenters. The van der Waals surface area contributed by atoms with Crippen molar-refractivity contribution in [1.82, 2.24) is 0 Å². The van der Waals surface area contributed by atoms with Crippen molar-refractivity contribution in [1.29, 1.82) is 0 Å². The largest absolute Gasteiger partial charge is 0.392 e. The zero-order chi connectivity index (χ0) is 11.6. The van der Waals surface area contributed by atoms with Crippen LogP contribution in [0.2, 0.25) is 0 Å². The zero-order valence-electron chi connectivity index (χ0n) is 10.3. The number of aliphatic hydroxyl groups is 1. The van der Waals surface area contributed by atoms with E-state index in [0.29, 0.717) is 12.5 Å². The van der Waals surface area contributed by atoms with Crippen LogP contribution in [0.5, 0.6) is 0 Å². The minimum absolute atomic E-state index is 0.00141. The molecule has 94 valence electrons. The Hall–Kier alpha value is -0.120. The van der Waals surface area contributed by atoms with Crippen molar-refractivity contribution < 1.29 is 9.84 Å². The van der Waals surface area contributed by atoms with Gasteiger partial charge in [-0.2, -0.15) is 0 Å². The van der Waals surface area contributed by atoms with E-state index in [1.54, 1.807) is 0 Å². The van der Waals surface area contributed by atoms with E-state index in [9.17, 15) is 5.11 Å². The summed E-state index contributed by atoms with van der Waals surface area (Å²) < 4.78 is 5.36. The van der Waals surface area contributed by atoms with Gasteiger partial charge in [-0.3, -0.25) is 0 Å². The van der Waals surface area contributed by atoms with Crippen molar-refractivity contribution in [3.8, 4) is 0 Å². The maximum atomic E-state index is 10.6. The van der Waals surface area contributed by atoms with Crippen LogP contribution in [0.4, 0.5) is 0 Å². The first-order chi connectivity index (χ1) is 7.68. The average molecular weight is 227 g/mol. The van der Waals surface area contributed by atoms with Gasteiger partial charge in [-0.1, -0.05) is 13.3 Å². The predicted octanol–water partition coefficient (Wildman–Crippen LogP) is 1.54. The van der Waals surface area contributed by atoms with Crippen molar-refractivity contribution >= 4 is 0 Å². The van der Waals surface area contributed by atoms with Gasteiger partial charge in [0.05, 0.1) is 6.10 Å². The molecule has 2 aliphatic rings. The molecule has 1 aliphatic carbocycles. The number of rotatable bonds is 3. The molecule has 0 radical (unpaired) electrons. The van der Waals surface area contributed by atoms with E-state index >= 15 is 0 Å². The topological polar surface area (TPSA) is 55.5 Å². The van der Waals surface area contributed by atoms with Gasteiger partial charge in [0.1, 0.15) is 0 Å². The lowest BCUT2D eigenvalue weighted by molar-refractivity contribution is -0.0545. The van der Waals surface area contributed by atoms with Crippen LogP contribution in [-0.2, 0) is 4.74 Å². The van der Waals surface area contributed by atoms with Gasteiger partial charge < -0.3 is 15.6 Å². The Morgan fingerprint density at radius 3 is 2.56 bits per heavy atom. The Morgan fingerprint density at radius 2 is 2.06 bits per heavy atom. The molecule has 2 rings (SSSR count). The van der Waals surface area contributed by atoms with E-state index in [2.05, 4.69) is 6.92 Å². The van der Waals surface area contributed by atoms with E-state index in [1.165, 1.54) is 6.42 Å². The number of hydrogen-bond acceptors (Lipinski definition) is 3. The molecular weight excluding hydrogens is 202 g/mol. The highest BCUT2D eigenvalue weighted by Crippen LogP contribution is 2.46. The normalized spacial score (nSPS) is 38.8. The van der Waals surface area contributed by atoms with E-state index in [-0.39, 0.29) is 11.5 Å². The molecule has 0 aromatic heterocycles. The van der Waals surface area contributed by atoms with Crippen LogP contribution < -0.4 is 5.73 Å². The molecule has 0 amide bonds. The highest BCUT2D eigenvalue weighted by molar-refractivity contribution is 4.96. The summed E-state index contributed by atoms with van der Waals surface area (Å²) in [6.45, 7) is 4.51. The summed E-state index contributed by atoms with van der Waals surface area (Å²) in [5.41, 5.74) is 5.95. The highest BCUT2D eigenvalue weighted by atomic mass is 16.5. The van der Waals surface area contributed by atoms with Gasteiger partial charge in [-0.15, -0.1) is 0 Å². The minimum Gasteiger partial charge on any atom is -0.392 e. The number of aliphatic hydroxyl groups excluding tert-OH is 1. The number of ether oxygens (including phenoxy) is 1. The van der Waals surface area contributed by atoms with Crippen LogP contribution in [0.25, 0.3) is 0 Å². The van der Waals surface area contributed by atoms with E-state index in [1.807, 2.05) is 0 Å². The lowest BCUT2D eigenvalue weighted by atomic mass is 9.72. The summed E-state index contributed by atoms with van der Waals surface area (Å²) in [4.78, 5) is 0. The first-order valence-corrected chi connectivity index (χ1v) is 6.64. The SMILES string of the molecule is CC1CCC(CN)(C(O)C2CCOCC2)C1. The molecule has 1 aliphatic heterocycles. The number of hydrogen-bond donors (Lipinski definition) is 2. The molecule has 3 nitrogen and oxygen atoms in total. The summed E-state index contributed by atoms with van der Waals surface area (Å²) >= 11 is 0. The second-order valence-electron chi connectivity index (χ2n) is 5.81. The van der Waals surface area contributed by atoms with Crippen molar-refractivity contribution in [3.63, 3.8) is 0 Å². The number of nitrogens with two attached hydrogens (primary N) is 1. The molecule has 3 unspecified atom stereocenters. The fraction of sp³-hybridized carbons (Fsp3) is 1.00. The van der Waals surface area contributed by atoms with Crippen molar-refractivity contribution in [2.45, 2.75) is 45.1 Å². The van der Waals surface area contributed by atoms with Crippen molar-refractivity contribution in [2.75, 3.05) is 19.8 Å². The average Bonchev–Trinajstić information content (AvgIpc) is 2.72. The second-order valence-corrected chi connectivity index (χ2v) is 5.81. The fourth-order valence-corrected chi connectivity index (χ4v) is 3.54. The second kappa shape index (κ2) is 5.03. The summed E-state index contributed by atoms with van der Waals surface area (Å²) in [6.07, 6.45) is 5.20. The Bertz CT molecular complexity index is 228. The lowest BCUT2D eigenvalue weighted by Gasteiger charge is -2.39. The molecule has 0 bridgehead atoms. The van der Waals surface area contributed by atoms with Crippen LogP contribution in [0.1, 0.15) is 39.0 Å². The zero-order valence-corrected chi connectivity index (χ0v) is 10.3. The van der Waals surface area contributed by atoms with Gasteiger partial charge in [0.2, 0.25) is 0 Å². The van der Waals surface area contributed by atoms with Crippen LogP contribution in [0.15, 0.2) is 0 Å². The molecule has 0 spiro atoms. The Morgan fingerprint density at radius 1 is 1.38 bits per heavy atom. The third-order valence-electron chi connectivity index (χ3n) is 4.64. The third kappa shape index (κ3) is 2.27. The maximum Gasteiger partial charge on any atom is 0.0638 e. The molecule has 16 heavy (non-hydrogen) atoms. The van der Waals surface area contributed by atoms with Gasteiger partial charge in [-0.25, -0.2) is 0 Å². The molecule has 0 aromatic carbocycles. The van der Waals surface area contributed by atoms with E-state index in [4.69, 9.17) is 10.5 Å². The van der Waals surface area contributed by atoms with Gasteiger partial charge in [0, 0.05) is 25.2 Å². The Labute approximate surface area is 98.4 Å². The standard InChI is InChI=1S/C13H25NO2/c1-10-2-5-13(8-10,9-14)12(15)11-3-6-16-7-4-11/h10-12,15H,2-9,14H2,1H3. The van der Waals surface area contributed by atoms with Gasteiger partial charge >= 0.3 is 0 Å². The van der Waals surface area contributed by atoms with Crippen molar-refractivity contribution in [2.24, 2.45) is 23.0 Å². The Balaban J connectivity index is 2.02. The molecule has 0 aromatic rings. The molecule has 3 heteroatoms. The third-order valence-corrected chi connectivity index (χ3v) is 4.64. The van der Waals surface area contributed by atoms with E-state index < -0.39 is 0 Å². The van der Waals surface area contributed by atoms with Crippen LogP contribution in [-0.4, -0.2) is 31.0 Å². The highest BCUT2D eigenvalue weighted by Gasteiger charge is 2.45. The summed E-state index contributed by atoms with van der Waals surface area (Å²) in [5, 5.41) is 10.6. The summed E-state index contributed by atoms with van der Waals surface area (Å²) in [6, 6.07) is 0. The van der Waals surface area contributed by atoms with Crippen LogP contribution >= 0.6 is 0 Å². The van der Waals surface area contributed by atoms with E-state index in [0.717, 1.165) is 44.8 Å². The molecule has 1 heterocycles. The van der Waals surface area contributed by atoms with Gasteiger partial charge in [-0.05, 0) is 37.5 Å². The molecular formula is C13H25NO2. The molecule has 1 saturated heterocycles. The van der Waals surface area contributed by atoms with Crippen LogP contribution in [0, 0.1) is 17.3 Å². The first-order valence-electron chi connectivity index (χ1n) is 6.64.